The van der Waals surface area contributed by atoms with Gasteiger partial charge in [0, 0.05) is 12.6 Å². The van der Waals surface area contributed by atoms with Gasteiger partial charge in [0.05, 0.1) is 26.0 Å². The Morgan fingerprint density at radius 3 is 2.62 bits per heavy atom. The second-order valence-electron chi connectivity index (χ2n) is 3.63. The number of nitrogens with one attached hydrogen (secondary N) is 1. The van der Waals surface area contributed by atoms with Crippen molar-refractivity contribution in [1.82, 2.24) is 0 Å². The highest BCUT2D eigenvalue weighted by atomic mass is 16.5. The summed E-state index contributed by atoms with van der Waals surface area (Å²) in [6.07, 6.45) is 0.409. The first-order valence-electron chi connectivity index (χ1n) is 5.31. The number of ether oxygens (including phenoxy) is 2. The van der Waals surface area contributed by atoms with Gasteiger partial charge in [0.15, 0.2) is 0 Å². The minimum Gasteiger partial charge on any atom is -0.497 e. The average Bonchev–Trinajstić information content (AvgIpc) is 2.29. The summed E-state index contributed by atoms with van der Waals surface area (Å²) in [6.45, 7) is 2.48. The van der Waals surface area contributed by atoms with E-state index in [1.165, 1.54) is 0 Å². The van der Waals surface area contributed by atoms with Gasteiger partial charge in [0.2, 0.25) is 0 Å². The molecule has 0 saturated carbocycles. The van der Waals surface area contributed by atoms with Crippen molar-refractivity contribution in [3.63, 3.8) is 0 Å². The predicted molar refractivity (Wildman–Crippen MR) is 64.3 cm³/mol. The van der Waals surface area contributed by atoms with Gasteiger partial charge in [0.25, 0.3) is 0 Å². The van der Waals surface area contributed by atoms with Gasteiger partial charge in [0.1, 0.15) is 11.5 Å². The minimum atomic E-state index is -0.295. The second-order valence-corrected chi connectivity index (χ2v) is 3.63. The van der Waals surface area contributed by atoms with Crippen LogP contribution < -0.4 is 14.8 Å². The number of rotatable bonds is 6. The van der Waals surface area contributed by atoms with Crippen LogP contribution in [0.2, 0.25) is 0 Å². The fourth-order valence-electron chi connectivity index (χ4n) is 1.36. The van der Waals surface area contributed by atoms with E-state index in [2.05, 4.69) is 5.32 Å². The van der Waals surface area contributed by atoms with E-state index in [9.17, 15) is 0 Å². The van der Waals surface area contributed by atoms with Crippen LogP contribution in [-0.2, 0) is 0 Å². The Morgan fingerprint density at radius 2 is 2.06 bits per heavy atom. The van der Waals surface area contributed by atoms with Gasteiger partial charge in [-0.1, -0.05) is 0 Å². The molecule has 4 nitrogen and oxygen atoms in total. The largest absolute Gasteiger partial charge is 0.497 e. The summed E-state index contributed by atoms with van der Waals surface area (Å²) in [6, 6.07) is 5.59. The molecule has 2 N–H and O–H groups in total. The van der Waals surface area contributed by atoms with Gasteiger partial charge >= 0.3 is 0 Å². The topological polar surface area (TPSA) is 50.7 Å². The van der Waals surface area contributed by atoms with Crippen LogP contribution in [0.25, 0.3) is 0 Å². The third-order valence-electron chi connectivity index (χ3n) is 2.29. The van der Waals surface area contributed by atoms with Gasteiger partial charge in [-0.25, -0.2) is 0 Å². The van der Waals surface area contributed by atoms with Crippen molar-refractivity contribution < 1.29 is 14.6 Å². The number of aliphatic hydroxyl groups is 1. The average molecular weight is 225 g/mol. The fraction of sp³-hybridized carbons (Fsp3) is 0.500. The Balaban J connectivity index is 2.64. The van der Waals surface area contributed by atoms with E-state index < -0.39 is 0 Å². The second kappa shape index (κ2) is 6.23. The lowest BCUT2D eigenvalue weighted by atomic mass is 10.2. The quantitative estimate of drug-likeness (QED) is 0.776. The van der Waals surface area contributed by atoms with Gasteiger partial charge < -0.3 is 19.9 Å². The summed E-state index contributed by atoms with van der Waals surface area (Å²) >= 11 is 0. The molecule has 0 spiro atoms. The van der Waals surface area contributed by atoms with Crippen LogP contribution in [-0.4, -0.2) is 32.0 Å². The summed E-state index contributed by atoms with van der Waals surface area (Å²) in [7, 11) is 3.24. The van der Waals surface area contributed by atoms with Crippen LogP contribution >= 0.6 is 0 Å². The summed E-state index contributed by atoms with van der Waals surface area (Å²) in [4.78, 5) is 0. The van der Waals surface area contributed by atoms with E-state index in [0.717, 1.165) is 17.2 Å². The highest BCUT2D eigenvalue weighted by molar-refractivity contribution is 5.59. The molecule has 16 heavy (non-hydrogen) atoms. The zero-order chi connectivity index (χ0) is 12.0. The van der Waals surface area contributed by atoms with E-state index in [1.54, 1.807) is 21.1 Å². The zero-order valence-electron chi connectivity index (χ0n) is 9.99. The lowest BCUT2D eigenvalue weighted by Crippen LogP contribution is -2.10. The number of anilines is 1. The summed E-state index contributed by atoms with van der Waals surface area (Å²) < 4.78 is 10.3. The van der Waals surface area contributed by atoms with Crippen molar-refractivity contribution in [2.75, 3.05) is 26.1 Å². The summed E-state index contributed by atoms with van der Waals surface area (Å²) in [5, 5.41) is 12.4. The molecule has 1 rings (SSSR count). The van der Waals surface area contributed by atoms with Crippen molar-refractivity contribution in [3.8, 4) is 11.5 Å². The van der Waals surface area contributed by atoms with E-state index in [1.807, 2.05) is 18.2 Å². The van der Waals surface area contributed by atoms with Crippen LogP contribution in [0.3, 0.4) is 0 Å². The first-order chi connectivity index (χ1) is 7.67. The Kier molecular flexibility index (Phi) is 4.92. The Morgan fingerprint density at radius 1 is 1.31 bits per heavy atom. The molecule has 0 aromatic heterocycles. The molecule has 0 aliphatic heterocycles. The molecule has 0 saturated heterocycles. The Hall–Kier alpha value is -1.42. The molecule has 0 aliphatic rings. The molecule has 0 amide bonds. The maximum Gasteiger partial charge on any atom is 0.145 e. The Bertz CT molecular complexity index is 326. The van der Waals surface area contributed by atoms with Crippen LogP contribution in [0.4, 0.5) is 5.69 Å². The number of hydrogen-bond acceptors (Lipinski definition) is 4. The molecular weight excluding hydrogens is 206 g/mol. The highest BCUT2D eigenvalue weighted by Gasteiger charge is 2.04. The maximum absolute atomic E-state index is 9.15. The smallest absolute Gasteiger partial charge is 0.145 e. The van der Waals surface area contributed by atoms with Crippen molar-refractivity contribution in [3.05, 3.63) is 18.2 Å². The molecule has 0 heterocycles. The molecule has 1 aromatic rings. The van der Waals surface area contributed by atoms with Crippen molar-refractivity contribution in [2.24, 2.45) is 0 Å². The maximum atomic E-state index is 9.15. The monoisotopic (exact) mass is 225 g/mol. The van der Waals surface area contributed by atoms with E-state index >= 15 is 0 Å². The van der Waals surface area contributed by atoms with Crippen LogP contribution in [0.5, 0.6) is 11.5 Å². The zero-order valence-corrected chi connectivity index (χ0v) is 9.99. The van der Waals surface area contributed by atoms with Crippen molar-refractivity contribution in [2.45, 2.75) is 19.4 Å². The van der Waals surface area contributed by atoms with E-state index in [0.29, 0.717) is 13.0 Å². The first kappa shape index (κ1) is 12.6. The SMILES string of the molecule is COc1ccc(NCCC(C)O)c(OC)c1. The van der Waals surface area contributed by atoms with Gasteiger partial charge in [-0.2, -0.15) is 0 Å². The minimum absolute atomic E-state index is 0.295. The molecule has 90 valence electrons. The van der Waals surface area contributed by atoms with Crippen LogP contribution in [0, 0.1) is 0 Å². The number of methoxy groups -OCH3 is 2. The third-order valence-corrected chi connectivity index (χ3v) is 2.29. The third kappa shape index (κ3) is 3.62. The van der Waals surface area contributed by atoms with Crippen LogP contribution in [0.1, 0.15) is 13.3 Å². The molecule has 0 aliphatic carbocycles. The van der Waals surface area contributed by atoms with Gasteiger partial charge in [-0.3, -0.25) is 0 Å². The number of aliphatic hydroxyl groups excluding tert-OH is 1. The molecule has 1 atom stereocenters. The number of hydrogen-bond donors (Lipinski definition) is 2. The molecule has 1 unspecified atom stereocenters. The molecule has 1 aromatic carbocycles. The standard InChI is InChI=1S/C12H19NO3/c1-9(14)6-7-13-11-5-4-10(15-2)8-12(11)16-3/h4-5,8-9,13-14H,6-7H2,1-3H3. The lowest BCUT2D eigenvalue weighted by molar-refractivity contribution is 0.188. The molecule has 0 bridgehead atoms. The summed E-state index contributed by atoms with van der Waals surface area (Å²) in [5.74, 6) is 1.50. The van der Waals surface area contributed by atoms with E-state index in [-0.39, 0.29) is 6.10 Å². The molecule has 0 radical (unpaired) electrons. The fourth-order valence-corrected chi connectivity index (χ4v) is 1.36. The van der Waals surface area contributed by atoms with E-state index in [4.69, 9.17) is 14.6 Å². The predicted octanol–water partition coefficient (Wildman–Crippen LogP) is 1.89. The van der Waals surface area contributed by atoms with Crippen LogP contribution in [0.15, 0.2) is 18.2 Å². The molecule has 0 fully saturated rings. The van der Waals surface area contributed by atoms with Crippen molar-refractivity contribution >= 4 is 5.69 Å². The first-order valence-corrected chi connectivity index (χ1v) is 5.31. The molecule has 4 heteroatoms. The summed E-state index contributed by atoms with van der Waals surface area (Å²) in [5.41, 5.74) is 0.906. The normalized spacial score (nSPS) is 12.0. The Labute approximate surface area is 96.2 Å². The highest BCUT2D eigenvalue weighted by Crippen LogP contribution is 2.28. The van der Waals surface area contributed by atoms with Gasteiger partial charge in [-0.15, -0.1) is 0 Å². The molecular formula is C12H19NO3. The number of benzene rings is 1. The lowest BCUT2D eigenvalue weighted by Gasteiger charge is -2.13. The van der Waals surface area contributed by atoms with Gasteiger partial charge in [-0.05, 0) is 25.5 Å². The van der Waals surface area contributed by atoms with Crippen molar-refractivity contribution in [1.29, 1.82) is 0 Å².